The average Bonchev–Trinajstić information content (AvgIpc) is 2.26. The van der Waals surface area contributed by atoms with Gasteiger partial charge in [-0.05, 0) is 11.6 Å². The molecule has 1 aromatic rings. The van der Waals surface area contributed by atoms with E-state index < -0.39 is 0 Å². The zero-order chi connectivity index (χ0) is 12.2. The molecule has 0 spiro atoms. The van der Waals surface area contributed by atoms with Gasteiger partial charge in [-0.2, -0.15) is 0 Å². The summed E-state index contributed by atoms with van der Waals surface area (Å²) >= 11 is 0. The molecule has 0 saturated heterocycles. The van der Waals surface area contributed by atoms with Crippen LogP contribution in [-0.4, -0.2) is 19.6 Å². The molecule has 0 unspecified atom stereocenters. The molecule has 0 bridgehead atoms. The topological polar surface area (TPSA) is 50.4 Å². The Morgan fingerprint density at radius 2 is 2.06 bits per heavy atom. The Kier molecular flexibility index (Phi) is 3.88. The lowest BCUT2D eigenvalue weighted by atomic mass is 9.84. The van der Waals surface area contributed by atoms with Crippen molar-refractivity contribution >= 4 is 5.96 Å². The lowest BCUT2D eigenvalue weighted by Gasteiger charge is -2.26. The number of benzene rings is 1. The summed E-state index contributed by atoms with van der Waals surface area (Å²) in [5, 5.41) is 2.96. The summed E-state index contributed by atoms with van der Waals surface area (Å²) in [6.07, 6.45) is 0. The molecule has 0 aliphatic rings. The fourth-order valence-electron chi connectivity index (χ4n) is 1.50. The SMILES string of the molecule is CN=C(N)NCC(C)(C)c1ccccc1F. The van der Waals surface area contributed by atoms with E-state index in [0.29, 0.717) is 18.1 Å². The first-order valence-corrected chi connectivity index (χ1v) is 5.18. The third kappa shape index (κ3) is 2.95. The van der Waals surface area contributed by atoms with Crippen LogP contribution >= 0.6 is 0 Å². The molecule has 16 heavy (non-hydrogen) atoms. The zero-order valence-corrected chi connectivity index (χ0v) is 9.92. The predicted octanol–water partition coefficient (Wildman–Crippen LogP) is 1.64. The maximum Gasteiger partial charge on any atom is 0.188 e. The van der Waals surface area contributed by atoms with E-state index in [4.69, 9.17) is 5.73 Å². The van der Waals surface area contributed by atoms with Crippen LogP contribution in [0.1, 0.15) is 19.4 Å². The molecule has 0 amide bonds. The van der Waals surface area contributed by atoms with Crippen molar-refractivity contribution in [2.75, 3.05) is 13.6 Å². The van der Waals surface area contributed by atoms with Crippen molar-refractivity contribution in [1.29, 1.82) is 0 Å². The van der Waals surface area contributed by atoms with Gasteiger partial charge in [0.25, 0.3) is 0 Å². The van der Waals surface area contributed by atoms with Crippen LogP contribution < -0.4 is 11.1 Å². The number of hydrogen-bond acceptors (Lipinski definition) is 1. The van der Waals surface area contributed by atoms with Gasteiger partial charge in [0.15, 0.2) is 5.96 Å². The van der Waals surface area contributed by atoms with Crippen molar-refractivity contribution in [2.45, 2.75) is 19.3 Å². The Balaban J connectivity index is 2.82. The molecule has 3 nitrogen and oxygen atoms in total. The maximum atomic E-state index is 13.6. The third-order valence-corrected chi connectivity index (χ3v) is 2.56. The molecule has 0 atom stereocenters. The van der Waals surface area contributed by atoms with Crippen LogP contribution in [0.25, 0.3) is 0 Å². The summed E-state index contributed by atoms with van der Waals surface area (Å²) in [5.41, 5.74) is 5.88. The molecule has 0 radical (unpaired) electrons. The first kappa shape index (κ1) is 12.5. The van der Waals surface area contributed by atoms with Gasteiger partial charge in [0, 0.05) is 19.0 Å². The summed E-state index contributed by atoms with van der Waals surface area (Å²) in [6.45, 7) is 4.46. The lowest BCUT2D eigenvalue weighted by Crippen LogP contribution is -2.40. The van der Waals surface area contributed by atoms with E-state index in [0.717, 1.165) is 0 Å². The summed E-state index contributed by atoms with van der Waals surface area (Å²) < 4.78 is 13.6. The standard InChI is InChI=1S/C12H18FN3/c1-12(2,8-16-11(14)15-3)9-6-4-5-7-10(9)13/h4-7H,8H2,1-3H3,(H3,14,15,16). The van der Waals surface area contributed by atoms with E-state index in [9.17, 15) is 4.39 Å². The molecule has 0 aliphatic carbocycles. The van der Waals surface area contributed by atoms with Crippen molar-refractivity contribution in [3.8, 4) is 0 Å². The minimum Gasteiger partial charge on any atom is -0.370 e. The second-order valence-corrected chi connectivity index (χ2v) is 4.33. The van der Waals surface area contributed by atoms with E-state index >= 15 is 0 Å². The number of aliphatic imine (C=N–C) groups is 1. The van der Waals surface area contributed by atoms with Gasteiger partial charge in [-0.15, -0.1) is 0 Å². The number of guanidine groups is 1. The van der Waals surface area contributed by atoms with Gasteiger partial charge in [0.1, 0.15) is 5.82 Å². The highest BCUT2D eigenvalue weighted by atomic mass is 19.1. The molecule has 1 aromatic carbocycles. The molecule has 0 aliphatic heterocycles. The monoisotopic (exact) mass is 223 g/mol. The molecule has 0 fully saturated rings. The third-order valence-electron chi connectivity index (χ3n) is 2.56. The molecule has 0 heterocycles. The van der Waals surface area contributed by atoms with Crippen molar-refractivity contribution in [3.05, 3.63) is 35.6 Å². The molecule has 1 rings (SSSR count). The van der Waals surface area contributed by atoms with E-state index in [-0.39, 0.29) is 11.2 Å². The van der Waals surface area contributed by atoms with Gasteiger partial charge in [0.2, 0.25) is 0 Å². The second kappa shape index (κ2) is 4.96. The molecular formula is C12H18FN3. The Morgan fingerprint density at radius 3 is 2.62 bits per heavy atom. The second-order valence-electron chi connectivity index (χ2n) is 4.33. The molecule has 88 valence electrons. The molecule has 0 saturated carbocycles. The first-order chi connectivity index (χ1) is 7.47. The van der Waals surface area contributed by atoms with Gasteiger partial charge in [-0.25, -0.2) is 4.39 Å². The minimum atomic E-state index is -0.333. The van der Waals surface area contributed by atoms with Gasteiger partial charge in [0.05, 0.1) is 0 Å². The van der Waals surface area contributed by atoms with Crippen molar-refractivity contribution < 1.29 is 4.39 Å². The number of nitrogens with two attached hydrogens (primary N) is 1. The fourth-order valence-corrected chi connectivity index (χ4v) is 1.50. The summed E-state index contributed by atoms with van der Waals surface area (Å²) in [5.74, 6) is 0.172. The predicted molar refractivity (Wildman–Crippen MR) is 65.0 cm³/mol. The molecule has 4 heteroatoms. The van der Waals surface area contributed by atoms with Gasteiger partial charge < -0.3 is 11.1 Å². The lowest BCUT2D eigenvalue weighted by molar-refractivity contribution is 0.475. The Morgan fingerprint density at radius 1 is 1.44 bits per heavy atom. The van der Waals surface area contributed by atoms with Crippen LogP contribution in [-0.2, 0) is 5.41 Å². The van der Waals surface area contributed by atoms with Crippen LogP contribution in [0.5, 0.6) is 0 Å². The van der Waals surface area contributed by atoms with Crippen molar-refractivity contribution in [2.24, 2.45) is 10.7 Å². The summed E-state index contributed by atoms with van der Waals surface area (Å²) in [4.78, 5) is 3.80. The largest absolute Gasteiger partial charge is 0.370 e. The van der Waals surface area contributed by atoms with Gasteiger partial charge >= 0.3 is 0 Å². The van der Waals surface area contributed by atoms with Crippen molar-refractivity contribution in [3.63, 3.8) is 0 Å². The summed E-state index contributed by atoms with van der Waals surface area (Å²) in [7, 11) is 1.61. The molecular weight excluding hydrogens is 205 g/mol. The minimum absolute atomic E-state index is 0.193. The fraction of sp³-hybridized carbons (Fsp3) is 0.417. The highest BCUT2D eigenvalue weighted by Crippen LogP contribution is 2.24. The smallest absolute Gasteiger partial charge is 0.188 e. The van der Waals surface area contributed by atoms with Crippen LogP contribution in [0.3, 0.4) is 0 Å². The molecule has 3 N–H and O–H groups in total. The average molecular weight is 223 g/mol. The van der Waals surface area contributed by atoms with Crippen LogP contribution in [0, 0.1) is 5.82 Å². The zero-order valence-electron chi connectivity index (χ0n) is 9.92. The van der Waals surface area contributed by atoms with Crippen LogP contribution in [0.15, 0.2) is 29.3 Å². The Labute approximate surface area is 95.6 Å². The van der Waals surface area contributed by atoms with Gasteiger partial charge in [-0.3, -0.25) is 4.99 Å². The van der Waals surface area contributed by atoms with E-state index in [1.807, 2.05) is 19.9 Å². The highest BCUT2D eigenvalue weighted by Gasteiger charge is 2.23. The van der Waals surface area contributed by atoms with E-state index in [1.165, 1.54) is 6.07 Å². The van der Waals surface area contributed by atoms with Gasteiger partial charge in [-0.1, -0.05) is 32.0 Å². The van der Waals surface area contributed by atoms with E-state index in [2.05, 4.69) is 10.3 Å². The van der Waals surface area contributed by atoms with Crippen molar-refractivity contribution in [1.82, 2.24) is 5.32 Å². The number of hydrogen-bond donors (Lipinski definition) is 2. The first-order valence-electron chi connectivity index (χ1n) is 5.18. The molecule has 0 aromatic heterocycles. The maximum absolute atomic E-state index is 13.6. The number of nitrogens with zero attached hydrogens (tertiary/aromatic N) is 1. The van der Waals surface area contributed by atoms with Crippen LogP contribution in [0.2, 0.25) is 0 Å². The van der Waals surface area contributed by atoms with Crippen LogP contribution in [0.4, 0.5) is 4.39 Å². The summed E-state index contributed by atoms with van der Waals surface area (Å²) in [6, 6.07) is 6.77. The number of halogens is 1. The number of nitrogens with one attached hydrogen (secondary N) is 1. The Hall–Kier alpha value is -1.58. The highest BCUT2D eigenvalue weighted by molar-refractivity contribution is 5.77. The van der Waals surface area contributed by atoms with E-state index in [1.54, 1.807) is 19.2 Å². The normalized spacial score (nSPS) is 12.6. The Bertz CT molecular complexity index is 386. The number of rotatable bonds is 3. The quantitative estimate of drug-likeness (QED) is 0.604.